The molecule has 1 aliphatic carbocycles. The Morgan fingerprint density at radius 1 is 0.978 bits per heavy atom. The zero-order valence-corrected chi connectivity index (χ0v) is 28.6. The maximum absolute atomic E-state index is 14.4. The van der Waals surface area contributed by atoms with Crippen molar-refractivity contribution in [3.63, 3.8) is 0 Å². The Bertz CT molecular complexity index is 1590. The molecule has 0 saturated heterocycles. The van der Waals surface area contributed by atoms with Crippen LogP contribution >= 0.6 is 34.8 Å². The quantitative estimate of drug-likeness (QED) is 0.213. The van der Waals surface area contributed by atoms with Gasteiger partial charge in [0.05, 0.1) is 17.7 Å². The number of rotatable bonds is 12. The standard InChI is InChI=1S/C33H38Cl3N3O5S/c1-4-29(33(41)37-24-9-6-5-7-10-24)38(20-26-27(35)11-8-12-28(26)36)32(40)21-39(30-19-23(34)15-18-31(30)44-3)45(42,43)25-16-13-22(2)14-17-25/h8,11-19,24,29H,4-7,9-10,20-21H2,1-3H3,(H,37,41)/t29-/m1/s1. The van der Waals surface area contributed by atoms with Crippen LogP contribution in [0.4, 0.5) is 5.69 Å². The highest BCUT2D eigenvalue weighted by atomic mass is 35.5. The first-order valence-corrected chi connectivity index (χ1v) is 17.5. The van der Waals surface area contributed by atoms with E-state index < -0.39 is 28.5 Å². The molecule has 1 N–H and O–H groups in total. The lowest BCUT2D eigenvalue weighted by molar-refractivity contribution is -0.140. The molecule has 1 atom stereocenters. The molecule has 242 valence electrons. The number of ether oxygens (including phenoxy) is 1. The van der Waals surface area contributed by atoms with Gasteiger partial charge in [0.2, 0.25) is 11.8 Å². The zero-order valence-electron chi connectivity index (χ0n) is 25.6. The molecule has 45 heavy (non-hydrogen) atoms. The van der Waals surface area contributed by atoms with Crippen LogP contribution in [0.25, 0.3) is 0 Å². The second-order valence-corrected chi connectivity index (χ2v) is 14.2. The molecule has 1 aliphatic rings. The van der Waals surface area contributed by atoms with E-state index in [4.69, 9.17) is 39.5 Å². The largest absolute Gasteiger partial charge is 0.495 e. The van der Waals surface area contributed by atoms with E-state index in [2.05, 4.69) is 5.32 Å². The third-order valence-corrected chi connectivity index (χ3v) is 10.7. The number of aryl methyl sites for hydroxylation is 1. The molecule has 12 heteroatoms. The SMILES string of the molecule is CC[C@H](C(=O)NC1CCCCC1)N(Cc1c(Cl)cccc1Cl)C(=O)CN(c1cc(Cl)ccc1OC)S(=O)(=O)c1ccc(C)cc1. The summed E-state index contributed by atoms with van der Waals surface area (Å²) in [6.07, 6.45) is 5.17. The molecule has 0 bridgehead atoms. The van der Waals surface area contributed by atoms with Gasteiger partial charge in [0.1, 0.15) is 18.3 Å². The predicted molar refractivity (Wildman–Crippen MR) is 180 cm³/mol. The number of halogens is 3. The lowest BCUT2D eigenvalue weighted by atomic mass is 9.95. The predicted octanol–water partition coefficient (Wildman–Crippen LogP) is 7.42. The molecule has 2 amide bonds. The average Bonchev–Trinajstić information content (AvgIpc) is 3.01. The first kappa shape index (κ1) is 34.9. The smallest absolute Gasteiger partial charge is 0.264 e. The zero-order chi connectivity index (χ0) is 32.7. The Balaban J connectivity index is 1.79. The fourth-order valence-corrected chi connectivity index (χ4v) is 7.63. The summed E-state index contributed by atoms with van der Waals surface area (Å²) in [6.45, 7) is 2.89. The van der Waals surface area contributed by atoms with Crippen LogP contribution in [0.2, 0.25) is 15.1 Å². The first-order chi connectivity index (χ1) is 21.5. The minimum absolute atomic E-state index is 0.00953. The van der Waals surface area contributed by atoms with E-state index in [1.165, 1.54) is 36.3 Å². The van der Waals surface area contributed by atoms with Gasteiger partial charge in [0.25, 0.3) is 10.0 Å². The van der Waals surface area contributed by atoms with Crippen molar-refractivity contribution in [1.29, 1.82) is 0 Å². The lowest BCUT2D eigenvalue weighted by Gasteiger charge is -2.35. The van der Waals surface area contributed by atoms with Gasteiger partial charge in [-0.05, 0) is 68.7 Å². The van der Waals surface area contributed by atoms with Gasteiger partial charge < -0.3 is 15.0 Å². The third kappa shape index (κ3) is 8.44. The fraction of sp³-hybridized carbons (Fsp3) is 0.394. The summed E-state index contributed by atoms with van der Waals surface area (Å²) in [7, 11) is -2.92. The lowest BCUT2D eigenvalue weighted by Crippen LogP contribution is -2.54. The van der Waals surface area contributed by atoms with E-state index in [0.29, 0.717) is 15.6 Å². The molecule has 1 saturated carbocycles. The molecule has 0 aliphatic heterocycles. The molecule has 3 aromatic rings. The van der Waals surface area contributed by atoms with Gasteiger partial charge in [-0.3, -0.25) is 13.9 Å². The Labute approximate surface area is 280 Å². The number of carbonyl (C=O) groups is 2. The Kier molecular flexibility index (Phi) is 12.0. The normalized spacial score (nSPS) is 14.4. The molecule has 0 heterocycles. The first-order valence-electron chi connectivity index (χ1n) is 14.9. The minimum atomic E-state index is -4.32. The van der Waals surface area contributed by atoms with Crippen LogP contribution in [-0.2, 0) is 26.2 Å². The molecule has 0 aromatic heterocycles. The van der Waals surface area contributed by atoms with E-state index in [-0.39, 0.29) is 46.3 Å². The third-order valence-electron chi connectivity index (χ3n) is 8.03. The van der Waals surface area contributed by atoms with Gasteiger partial charge in [0, 0.05) is 33.2 Å². The minimum Gasteiger partial charge on any atom is -0.495 e. The molecule has 1 fully saturated rings. The summed E-state index contributed by atoms with van der Waals surface area (Å²) < 4.78 is 34.9. The number of amides is 2. The van der Waals surface area contributed by atoms with Crippen molar-refractivity contribution < 1.29 is 22.7 Å². The number of benzene rings is 3. The summed E-state index contributed by atoms with van der Waals surface area (Å²) in [6, 6.07) is 14.9. The number of hydrogen-bond donors (Lipinski definition) is 1. The Hall–Kier alpha value is -2.98. The number of nitrogens with zero attached hydrogens (tertiary/aromatic N) is 2. The summed E-state index contributed by atoms with van der Waals surface area (Å²) in [5.74, 6) is -0.741. The number of nitrogens with one attached hydrogen (secondary N) is 1. The highest BCUT2D eigenvalue weighted by molar-refractivity contribution is 7.92. The van der Waals surface area contributed by atoms with Crippen LogP contribution < -0.4 is 14.4 Å². The van der Waals surface area contributed by atoms with Crippen molar-refractivity contribution in [2.45, 2.75) is 75.9 Å². The summed E-state index contributed by atoms with van der Waals surface area (Å²) in [5.41, 5.74) is 1.40. The molecule has 0 spiro atoms. The maximum atomic E-state index is 14.4. The number of methoxy groups -OCH3 is 1. The van der Waals surface area contributed by atoms with Crippen molar-refractivity contribution in [2.24, 2.45) is 0 Å². The Morgan fingerprint density at radius 3 is 2.22 bits per heavy atom. The van der Waals surface area contributed by atoms with E-state index >= 15 is 0 Å². The van der Waals surface area contributed by atoms with Crippen molar-refractivity contribution in [1.82, 2.24) is 10.2 Å². The summed E-state index contributed by atoms with van der Waals surface area (Å²) in [4.78, 5) is 29.5. The maximum Gasteiger partial charge on any atom is 0.264 e. The van der Waals surface area contributed by atoms with Crippen LogP contribution in [0.1, 0.15) is 56.6 Å². The fourth-order valence-electron chi connectivity index (χ4n) is 5.53. The summed E-state index contributed by atoms with van der Waals surface area (Å²) >= 11 is 19.4. The van der Waals surface area contributed by atoms with Gasteiger partial charge in [-0.2, -0.15) is 0 Å². The van der Waals surface area contributed by atoms with E-state index in [1.807, 2.05) is 6.92 Å². The highest BCUT2D eigenvalue weighted by Crippen LogP contribution is 2.35. The topological polar surface area (TPSA) is 96.0 Å². The van der Waals surface area contributed by atoms with Gasteiger partial charge in [-0.25, -0.2) is 8.42 Å². The average molecular weight is 695 g/mol. The van der Waals surface area contributed by atoms with Crippen molar-refractivity contribution in [2.75, 3.05) is 18.0 Å². The van der Waals surface area contributed by atoms with Crippen LogP contribution in [0.3, 0.4) is 0 Å². The molecular formula is C33H38Cl3N3O5S. The second-order valence-electron chi connectivity index (χ2n) is 11.1. The molecule has 3 aromatic carbocycles. The van der Waals surface area contributed by atoms with Crippen LogP contribution in [0.5, 0.6) is 5.75 Å². The van der Waals surface area contributed by atoms with Gasteiger partial charge in [-0.1, -0.05) is 84.8 Å². The van der Waals surface area contributed by atoms with Gasteiger partial charge in [-0.15, -0.1) is 0 Å². The molecular weight excluding hydrogens is 657 g/mol. The van der Waals surface area contributed by atoms with E-state index in [9.17, 15) is 18.0 Å². The number of anilines is 1. The van der Waals surface area contributed by atoms with Crippen LogP contribution in [-0.4, -0.2) is 50.9 Å². The monoisotopic (exact) mass is 693 g/mol. The molecule has 8 nitrogen and oxygen atoms in total. The van der Waals surface area contributed by atoms with E-state index in [0.717, 1.165) is 42.0 Å². The van der Waals surface area contributed by atoms with Gasteiger partial charge in [0.15, 0.2) is 0 Å². The highest BCUT2D eigenvalue weighted by Gasteiger charge is 2.36. The van der Waals surface area contributed by atoms with Crippen LogP contribution in [0, 0.1) is 6.92 Å². The van der Waals surface area contributed by atoms with Crippen LogP contribution in [0.15, 0.2) is 65.6 Å². The van der Waals surface area contributed by atoms with E-state index in [1.54, 1.807) is 43.3 Å². The second kappa shape index (κ2) is 15.5. The number of carbonyl (C=O) groups excluding carboxylic acids is 2. The number of hydrogen-bond acceptors (Lipinski definition) is 5. The van der Waals surface area contributed by atoms with Crippen molar-refractivity contribution in [3.05, 3.63) is 86.9 Å². The molecule has 4 rings (SSSR count). The Morgan fingerprint density at radius 2 is 1.62 bits per heavy atom. The summed E-state index contributed by atoms with van der Waals surface area (Å²) in [5, 5.41) is 4.02. The van der Waals surface area contributed by atoms with Crippen molar-refractivity contribution >= 4 is 62.3 Å². The number of sulfonamides is 1. The molecule has 0 radical (unpaired) electrons. The van der Waals surface area contributed by atoms with Crippen molar-refractivity contribution in [3.8, 4) is 5.75 Å². The van der Waals surface area contributed by atoms with Gasteiger partial charge >= 0.3 is 0 Å². The molecule has 0 unspecified atom stereocenters.